The Morgan fingerprint density at radius 1 is 1.33 bits per heavy atom. The molecule has 1 N–H and O–H groups in total. The molecule has 1 rings (SSSR count). The first-order valence-electron chi connectivity index (χ1n) is 3.02. The SMILES string of the molecule is O=P(O)(OBr)Oc1ccccc1. The Bertz CT molecular complexity index is 289. The molecule has 0 heterocycles. The molecule has 0 amide bonds. The van der Waals surface area contributed by atoms with Crippen molar-refractivity contribution in [3.05, 3.63) is 30.3 Å². The number of benzene rings is 1. The van der Waals surface area contributed by atoms with Gasteiger partial charge in [0, 0.05) is 0 Å². The highest BCUT2D eigenvalue weighted by Crippen LogP contribution is 2.45. The van der Waals surface area contributed by atoms with Gasteiger partial charge >= 0.3 is 7.82 Å². The second-order valence-electron chi connectivity index (χ2n) is 1.94. The number of rotatable bonds is 3. The molecule has 0 radical (unpaired) electrons. The monoisotopic (exact) mass is 252 g/mol. The molecule has 0 aliphatic carbocycles. The zero-order valence-electron chi connectivity index (χ0n) is 5.88. The number of phosphoric acid groups is 1. The van der Waals surface area contributed by atoms with Crippen molar-refractivity contribution in [1.29, 1.82) is 0 Å². The van der Waals surface area contributed by atoms with E-state index in [1.807, 2.05) is 0 Å². The van der Waals surface area contributed by atoms with E-state index < -0.39 is 7.82 Å². The Kier molecular flexibility index (Phi) is 3.29. The Morgan fingerprint density at radius 2 is 1.92 bits per heavy atom. The van der Waals surface area contributed by atoms with Gasteiger partial charge in [0.2, 0.25) is 0 Å². The van der Waals surface area contributed by atoms with Crippen LogP contribution in [0.3, 0.4) is 0 Å². The van der Waals surface area contributed by atoms with E-state index in [4.69, 9.17) is 4.89 Å². The molecule has 0 aliphatic rings. The second-order valence-corrected chi connectivity index (χ2v) is 4.07. The molecule has 1 atom stereocenters. The van der Waals surface area contributed by atoms with Crippen LogP contribution in [0.2, 0.25) is 0 Å². The molecule has 0 fully saturated rings. The van der Waals surface area contributed by atoms with Crippen molar-refractivity contribution in [2.45, 2.75) is 0 Å². The number of hydrogen-bond acceptors (Lipinski definition) is 3. The van der Waals surface area contributed by atoms with E-state index in [2.05, 4.69) is 24.4 Å². The molecule has 1 unspecified atom stereocenters. The van der Waals surface area contributed by atoms with Crippen molar-refractivity contribution in [2.24, 2.45) is 0 Å². The van der Waals surface area contributed by atoms with E-state index in [9.17, 15) is 4.57 Å². The number of halogens is 1. The van der Waals surface area contributed by atoms with Gasteiger partial charge in [-0.05, 0) is 12.1 Å². The highest BCUT2D eigenvalue weighted by molar-refractivity contribution is 9.06. The molecule has 0 saturated heterocycles. The van der Waals surface area contributed by atoms with Crippen LogP contribution in [0.1, 0.15) is 0 Å². The van der Waals surface area contributed by atoms with Crippen molar-refractivity contribution in [3.63, 3.8) is 0 Å². The summed E-state index contributed by atoms with van der Waals surface area (Å²) in [6, 6.07) is 8.24. The molecular weight excluding hydrogens is 247 g/mol. The average molecular weight is 253 g/mol. The lowest BCUT2D eigenvalue weighted by molar-refractivity contribution is 0.311. The maximum atomic E-state index is 10.8. The van der Waals surface area contributed by atoms with Gasteiger partial charge in [0.25, 0.3) is 0 Å². The highest BCUT2D eigenvalue weighted by Gasteiger charge is 2.21. The van der Waals surface area contributed by atoms with Crippen LogP contribution in [-0.4, -0.2) is 4.89 Å². The first kappa shape index (κ1) is 9.74. The maximum absolute atomic E-state index is 10.8. The lowest BCUT2D eigenvalue weighted by Crippen LogP contribution is -1.90. The lowest BCUT2D eigenvalue weighted by Gasteiger charge is -2.07. The van der Waals surface area contributed by atoms with Gasteiger partial charge in [0.1, 0.15) is 22.0 Å². The van der Waals surface area contributed by atoms with Crippen molar-refractivity contribution >= 4 is 24.1 Å². The Balaban J connectivity index is 2.71. The van der Waals surface area contributed by atoms with Gasteiger partial charge in [-0.25, -0.2) is 4.57 Å². The third-order valence-electron chi connectivity index (χ3n) is 1.05. The van der Waals surface area contributed by atoms with E-state index in [0.29, 0.717) is 0 Å². The molecular formula is C6H6BrO4P. The number of hydrogen-bond donors (Lipinski definition) is 1. The van der Waals surface area contributed by atoms with Gasteiger partial charge < -0.3 is 4.52 Å². The van der Waals surface area contributed by atoms with Gasteiger partial charge in [-0.2, -0.15) is 3.62 Å². The van der Waals surface area contributed by atoms with Crippen LogP contribution in [-0.2, 0) is 8.18 Å². The third kappa shape index (κ3) is 2.95. The van der Waals surface area contributed by atoms with E-state index in [0.717, 1.165) is 0 Å². The first-order valence-corrected chi connectivity index (χ1v) is 5.16. The minimum atomic E-state index is -3.98. The highest BCUT2D eigenvalue weighted by atomic mass is 79.9. The van der Waals surface area contributed by atoms with Crippen LogP contribution in [0.15, 0.2) is 30.3 Å². The fraction of sp³-hybridized carbons (Fsp3) is 0. The fourth-order valence-corrected chi connectivity index (χ4v) is 1.22. The van der Waals surface area contributed by atoms with E-state index in [1.54, 1.807) is 30.3 Å². The molecule has 0 spiro atoms. The third-order valence-corrected chi connectivity index (χ3v) is 2.76. The summed E-state index contributed by atoms with van der Waals surface area (Å²) in [7, 11) is -3.98. The summed E-state index contributed by atoms with van der Waals surface area (Å²) in [6.45, 7) is 0. The molecule has 1 aromatic carbocycles. The smallest absolute Gasteiger partial charge is 0.404 e. The van der Waals surface area contributed by atoms with E-state index in [-0.39, 0.29) is 5.75 Å². The summed E-state index contributed by atoms with van der Waals surface area (Å²) in [5.41, 5.74) is 0. The largest absolute Gasteiger partial charge is 0.538 e. The molecule has 12 heavy (non-hydrogen) atoms. The van der Waals surface area contributed by atoms with E-state index >= 15 is 0 Å². The summed E-state index contributed by atoms with van der Waals surface area (Å²) in [4.78, 5) is 8.84. The molecule has 0 bridgehead atoms. The van der Waals surface area contributed by atoms with Gasteiger partial charge in [0.15, 0.2) is 0 Å². The molecule has 66 valence electrons. The summed E-state index contributed by atoms with van der Waals surface area (Å²) in [5, 5.41) is 0. The van der Waals surface area contributed by atoms with E-state index in [1.165, 1.54) is 0 Å². The number of phosphoric ester groups is 1. The topological polar surface area (TPSA) is 55.8 Å². The normalized spacial score (nSPS) is 15.2. The van der Waals surface area contributed by atoms with Gasteiger partial charge in [-0.15, -0.1) is 0 Å². The second kappa shape index (κ2) is 4.05. The molecule has 0 aromatic heterocycles. The maximum Gasteiger partial charge on any atom is 0.538 e. The van der Waals surface area contributed by atoms with Crippen molar-refractivity contribution in [1.82, 2.24) is 0 Å². The van der Waals surface area contributed by atoms with Crippen molar-refractivity contribution < 1.29 is 17.6 Å². The number of para-hydroxylation sites is 1. The Morgan fingerprint density at radius 3 is 2.42 bits per heavy atom. The summed E-state index contributed by atoms with van der Waals surface area (Å²) in [5.74, 6) is 0.280. The van der Waals surface area contributed by atoms with Crippen LogP contribution < -0.4 is 4.52 Å². The Hall–Kier alpha value is -0.350. The standard InChI is InChI=1S/C6H6BrO4P/c7-11-12(8,9)10-6-4-2-1-3-5-6/h1-5H,(H,8,9). The molecule has 0 saturated carbocycles. The van der Waals surface area contributed by atoms with Crippen LogP contribution >= 0.6 is 24.1 Å². The lowest BCUT2D eigenvalue weighted by atomic mass is 10.3. The summed E-state index contributed by atoms with van der Waals surface area (Å²) < 4.78 is 19.5. The molecule has 6 heteroatoms. The quantitative estimate of drug-likeness (QED) is 0.840. The van der Waals surface area contributed by atoms with Crippen LogP contribution in [0.25, 0.3) is 0 Å². The van der Waals surface area contributed by atoms with Crippen LogP contribution in [0.5, 0.6) is 5.75 Å². The van der Waals surface area contributed by atoms with Crippen molar-refractivity contribution in [2.75, 3.05) is 0 Å². The van der Waals surface area contributed by atoms with Gasteiger partial charge in [-0.1, -0.05) is 18.2 Å². The first-order chi connectivity index (χ1) is 5.64. The van der Waals surface area contributed by atoms with Crippen LogP contribution in [0, 0.1) is 0 Å². The summed E-state index contributed by atoms with van der Waals surface area (Å²) >= 11 is 2.39. The zero-order chi connectivity index (χ0) is 9.03. The predicted octanol–water partition coefficient (Wildman–Crippen LogP) is 2.49. The average Bonchev–Trinajstić information content (AvgIpc) is 2.06. The van der Waals surface area contributed by atoms with Crippen LogP contribution in [0.4, 0.5) is 0 Å². The van der Waals surface area contributed by atoms with Crippen molar-refractivity contribution in [3.8, 4) is 5.75 Å². The van der Waals surface area contributed by atoms with Gasteiger partial charge in [-0.3, -0.25) is 4.89 Å². The molecule has 1 aromatic rings. The minimum absolute atomic E-state index is 0.280. The summed E-state index contributed by atoms with van der Waals surface area (Å²) in [6.07, 6.45) is 0. The molecule has 0 aliphatic heterocycles. The zero-order valence-corrected chi connectivity index (χ0v) is 8.36. The Labute approximate surface area is 78.2 Å². The minimum Gasteiger partial charge on any atom is -0.404 e. The van der Waals surface area contributed by atoms with Gasteiger partial charge in [0.05, 0.1) is 0 Å². The fourth-order valence-electron chi connectivity index (χ4n) is 0.629. The predicted molar refractivity (Wildman–Crippen MR) is 46.9 cm³/mol. The molecule has 4 nitrogen and oxygen atoms in total.